The number of rotatable bonds is 1. The van der Waals surface area contributed by atoms with Crippen molar-refractivity contribution in [3.05, 3.63) is 65.1 Å². The van der Waals surface area contributed by atoms with Crippen LogP contribution >= 0.6 is 0 Å². The number of aryl methyl sites for hydroxylation is 1. The number of Topliss-reactive ketones (excluding diaryl/α,β-unsaturated/α-hetero) is 1. The van der Waals surface area contributed by atoms with E-state index in [0.717, 1.165) is 34.6 Å². The molecule has 1 aliphatic heterocycles. The highest BCUT2D eigenvalue weighted by Crippen LogP contribution is 2.42. The van der Waals surface area contributed by atoms with E-state index in [9.17, 15) is 4.79 Å². The van der Waals surface area contributed by atoms with E-state index in [1.54, 1.807) is 0 Å². The van der Waals surface area contributed by atoms with E-state index >= 15 is 0 Å². The lowest BCUT2D eigenvalue weighted by Gasteiger charge is -2.34. The first kappa shape index (κ1) is 15.3. The normalized spacial score (nSPS) is 22.2. The van der Waals surface area contributed by atoms with Gasteiger partial charge in [-0.15, -0.1) is 0 Å². The Balaban J connectivity index is 1.80. The first-order chi connectivity index (χ1) is 12.6. The van der Waals surface area contributed by atoms with Crippen molar-refractivity contribution in [1.82, 2.24) is 14.8 Å². The summed E-state index contributed by atoms with van der Waals surface area (Å²) >= 11 is 0. The highest BCUT2D eigenvalue weighted by Gasteiger charge is 2.38. The SMILES string of the molecule is Cc1nc2n(n1)[C@H](c1cccc3ccccc13)C1=C(C[C@H](C)CC1=O)N2. The number of hydrogen-bond donors (Lipinski definition) is 1. The third kappa shape index (κ3) is 2.20. The average molecular weight is 344 g/mol. The van der Waals surface area contributed by atoms with Crippen molar-refractivity contribution in [2.24, 2.45) is 5.92 Å². The quantitative estimate of drug-likeness (QED) is 0.725. The van der Waals surface area contributed by atoms with Crippen LogP contribution in [-0.4, -0.2) is 20.5 Å². The molecule has 1 N–H and O–H groups in total. The molecule has 2 aromatic carbocycles. The Morgan fingerprint density at radius 3 is 2.81 bits per heavy atom. The van der Waals surface area contributed by atoms with Crippen molar-refractivity contribution in [2.45, 2.75) is 32.7 Å². The van der Waals surface area contributed by atoms with Crippen LogP contribution in [0.1, 0.15) is 37.2 Å². The van der Waals surface area contributed by atoms with Crippen LogP contribution in [0.4, 0.5) is 5.95 Å². The summed E-state index contributed by atoms with van der Waals surface area (Å²) in [6.07, 6.45) is 1.46. The molecule has 0 amide bonds. The van der Waals surface area contributed by atoms with Crippen molar-refractivity contribution < 1.29 is 4.79 Å². The number of ketones is 1. The van der Waals surface area contributed by atoms with Crippen molar-refractivity contribution in [2.75, 3.05) is 5.32 Å². The number of carbonyl (C=O) groups excluding carboxylic acids is 1. The minimum atomic E-state index is -0.228. The molecule has 5 nitrogen and oxygen atoms in total. The van der Waals surface area contributed by atoms with Crippen LogP contribution < -0.4 is 5.32 Å². The zero-order valence-corrected chi connectivity index (χ0v) is 14.9. The Kier molecular flexibility index (Phi) is 3.26. The number of fused-ring (bicyclic) bond motifs is 2. The summed E-state index contributed by atoms with van der Waals surface area (Å²) in [5, 5.41) is 10.3. The van der Waals surface area contributed by atoms with Gasteiger partial charge in [0.15, 0.2) is 5.78 Å². The topological polar surface area (TPSA) is 59.8 Å². The van der Waals surface area contributed by atoms with E-state index < -0.39 is 0 Å². The molecule has 0 radical (unpaired) electrons. The Bertz CT molecular complexity index is 1070. The van der Waals surface area contributed by atoms with Gasteiger partial charge < -0.3 is 5.32 Å². The molecule has 26 heavy (non-hydrogen) atoms. The zero-order valence-electron chi connectivity index (χ0n) is 14.9. The second kappa shape index (κ2) is 5.53. The predicted molar refractivity (Wildman–Crippen MR) is 101 cm³/mol. The molecule has 5 rings (SSSR count). The van der Waals surface area contributed by atoms with Crippen molar-refractivity contribution in [3.63, 3.8) is 0 Å². The maximum absolute atomic E-state index is 13.0. The molecule has 0 unspecified atom stereocenters. The fourth-order valence-electron chi connectivity index (χ4n) is 4.29. The van der Waals surface area contributed by atoms with Crippen molar-refractivity contribution >= 4 is 22.5 Å². The van der Waals surface area contributed by atoms with Crippen LogP contribution in [0.2, 0.25) is 0 Å². The molecule has 0 fully saturated rings. The summed E-state index contributed by atoms with van der Waals surface area (Å²) in [7, 11) is 0. The van der Waals surface area contributed by atoms with Crippen LogP contribution in [-0.2, 0) is 4.79 Å². The molecule has 0 saturated carbocycles. The van der Waals surface area contributed by atoms with Gasteiger partial charge in [0.2, 0.25) is 5.95 Å². The predicted octanol–water partition coefficient (Wildman–Crippen LogP) is 4.01. The fraction of sp³-hybridized carbons (Fsp3) is 0.286. The number of benzene rings is 2. The molecule has 3 aromatic rings. The van der Waals surface area contributed by atoms with E-state index in [2.05, 4.69) is 52.7 Å². The van der Waals surface area contributed by atoms with Crippen LogP contribution in [0, 0.1) is 12.8 Å². The molecule has 2 aliphatic rings. The van der Waals surface area contributed by atoms with Gasteiger partial charge in [-0.25, -0.2) is 4.68 Å². The summed E-state index contributed by atoms with van der Waals surface area (Å²) in [6.45, 7) is 4.01. The zero-order chi connectivity index (χ0) is 17.8. The molecular weight excluding hydrogens is 324 g/mol. The number of nitrogens with zero attached hydrogens (tertiary/aromatic N) is 3. The summed E-state index contributed by atoms with van der Waals surface area (Å²) in [4.78, 5) is 17.6. The second-order valence-electron chi connectivity index (χ2n) is 7.35. The van der Waals surface area contributed by atoms with Gasteiger partial charge in [0.05, 0.1) is 0 Å². The molecule has 0 bridgehead atoms. The van der Waals surface area contributed by atoms with E-state index in [-0.39, 0.29) is 11.8 Å². The average Bonchev–Trinajstić information content (AvgIpc) is 2.99. The van der Waals surface area contributed by atoms with E-state index in [0.29, 0.717) is 18.2 Å². The van der Waals surface area contributed by atoms with E-state index in [4.69, 9.17) is 0 Å². The Morgan fingerprint density at radius 2 is 1.92 bits per heavy atom. The minimum absolute atomic E-state index is 0.211. The molecule has 0 saturated heterocycles. The lowest BCUT2D eigenvalue weighted by molar-refractivity contribution is -0.117. The number of anilines is 1. The molecular formula is C21H20N4O. The second-order valence-corrected chi connectivity index (χ2v) is 7.35. The van der Waals surface area contributed by atoms with Gasteiger partial charge >= 0.3 is 0 Å². The van der Waals surface area contributed by atoms with Gasteiger partial charge in [0.25, 0.3) is 0 Å². The minimum Gasteiger partial charge on any atom is -0.328 e. The fourth-order valence-corrected chi connectivity index (χ4v) is 4.29. The number of aromatic nitrogens is 3. The summed E-state index contributed by atoms with van der Waals surface area (Å²) in [5.74, 6) is 1.99. The van der Waals surface area contributed by atoms with Gasteiger partial charge in [-0.2, -0.15) is 10.1 Å². The summed E-state index contributed by atoms with van der Waals surface area (Å²) in [5.41, 5.74) is 2.95. The first-order valence-corrected chi connectivity index (χ1v) is 9.06. The van der Waals surface area contributed by atoms with Gasteiger partial charge in [-0.1, -0.05) is 49.4 Å². The van der Waals surface area contributed by atoms with Gasteiger partial charge in [0, 0.05) is 17.7 Å². The van der Waals surface area contributed by atoms with Gasteiger partial charge in [0.1, 0.15) is 11.9 Å². The smallest absolute Gasteiger partial charge is 0.226 e. The molecule has 1 aromatic heterocycles. The highest BCUT2D eigenvalue weighted by molar-refractivity contribution is 6.00. The van der Waals surface area contributed by atoms with Crippen molar-refractivity contribution in [1.29, 1.82) is 0 Å². The summed E-state index contributed by atoms with van der Waals surface area (Å²) in [6, 6.07) is 14.3. The molecule has 0 spiro atoms. The van der Waals surface area contributed by atoms with Gasteiger partial charge in [-0.05, 0) is 35.6 Å². The van der Waals surface area contributed by atoms with Gasteiger partial charge in [-0.3, -0.25) is 4.79 Å². The molecule has 130 valence electrons. The maximum atomic E-state index is 13.0. The number of hydrogen-bond acceptors (Lipinski definition) is 4. The first-order valence-electron chi connectivity index (χ1n) is 9.06. The third-order valence-electron chi connectivity index (χ3n) is 5.35. The largest absolute Gasteiger partial charge is 0.328 e. The molecule has 2 heterocycles. The summed E-state index contributed by atoms with van der Waals surface area (Å²) < 4.78 is 1.88. The third-order valence-corrected chi connectivity index (χ3v) is 5.35. The number of nitrogens with one attached hydrogen (secondary N) is 1. The standard InChI is InChI=1S/C21H20N4O/c1-12-10-17-19(18(26)11-12)20(25-21(23-17)22-13(2)24-25)16-9-5-7-14-6-3-4-8-15(14)16/h3-9,12,20H,10-11H2,1-2H3,(H,22,23,24)/t12-,20+/m0/s1. The van der Waals surface area contributed by atoms with Crippen LogP contribution in [0.15, 0.2) is 53.7 Å². The van der Waals surface area contributed by atoms with E-state index in [1.807, 2.05) is 23.7 Å². The van der Waals surface area contributed by atoms with E-state index in [1.165, 1.54) is 5.39 Å². The molecule has 2 atom stereocenters. The van der Waals surface area contributed by atoms with Crippen LogP contribution in [0.25, 0.3) is 10.8 Å². The number of carbonyl (C=O) groups is 1. The molecule has 1 aliphatic carbocycles. The monoisotopic (exact) mass is 344 g/mol. The highest BCUT2D eigenvalue weighted by atomic mass is 16.1. The number of allylic oxidation sites excluding steroid dienone is 2. The Morgan fingerprint density at radius 1 is 1.12 bits per heavy atom. The molecule has 5 heteroatoms. The lowest BCUT2D eigenvalue weighted by Crippen LogP contribution is -2.33. The lowest BCUT2D eigenvalue weighted by atomic mass is 9.80. The van der Waals surface area contributed by atoms with Crippen LogP contribution in [0.3, 0.4) is 0 Å². The van der Waals surface area contributed by atoms with Crippen LogP contribution in [0.5, 0.6) is 0 Å². The Labute approximate surface area is 151 Å². The van der Waals surface area contributed by atoms with Crippen molar-refractivity contribution in [3.8, 4) is 0 Å². The Hall–Kier alpha value is -2.95. The maximum Gasteiger partial charge on any atom is 0.226 e.